The summed E-state index contributed by atoms with van der Waals surface area (Å²) in [6.45, 7) is 0. The molecule has 0 saturated heterocycles. The van der Waals surface area contributed by atoms with Crippen molar-refractivity contribution in [3.63, 3.8) is 0 Å². The van der Waals surface area contributed by atoms with Crippen molar-refractivity contribution >= 4 is 43.7 Å². The van der Waals surface area contributed by atoms with Gasteiger partial charge in [-0.15, -0.1) is 0 Å². The zero-order chi connectivity index (χ0) is 25.1. The number of nitrogens with zero attached hydrogens (tertiary/aromatic N) is 3. The van der Waals surface area contributed by atoms with Gasteiger partial charge < -0.3 is 0 Å². The molecule has 0 spiro atoms. The van der Waals surface area contributed by atoms with Crippen LogP contribution in [0.5, 0.6) is 0 Å². The topological polar surface area (TPSA) is 22.8 Å². The second-order valence-electron chi connectivity index (χ2n) is 9.67. The van der Waals surface area contributed by atoms with E-state index >= 15 is 0 Å². The molecule has 0 unspecified atom stereocenters. The molecule has 178 valence electrons. The number of pyridine rings is 1. The van der Waals surface area contributed by atoms with Crippen LogP contribution in [-0.2, 0) is 0 Å². The molecule has 0 radical (unpaired) electrons. The molecule has 0 aliphatic heterocycles. The minimum Gasteiger partial charge on any atom is -0.295 e. The Bertz CT molecular complexity index is 2110. The van der Waals surface area contributed by atoms with Crippen molar-refractivity contribution in [3.05, 3.63) is 140 Å². The average molecular weight is 486 g/mol. The highest BCUT2D eigenvalue weighted by atomic mass is 15.1. The normalized spacial score (nSPS) is 11.7. The van der Waals surface area contributed by atoms with Gasteiger partial charge >= 0.3 is 0 Å². The molecule has 38 heavy (non-hydrogen) atoms. The van der Waals surface area contributed by atoms with Crippen LogP contribution in [0.25, 0.3) is 66.2 Å². The lowest BCUT2D eigenvalue weighted by molar-refractivity contribution is 1.07. The predicted octanol–water partition coefficient (Wildman–Crippen LogP) is 8.94. The highest BCUT2D eigenvalue weighted by Crippen LogP contribution is 2.42. The summed E-state index contributed by atoms with van der Waals surface area (Å²) in [5.74, 6) is 0. The van der Waals surface area contributed by atoms with Crippen LogP contribution in [0.1, 0.15) is 0 Å². The Morgan fingerprint density at radius 1 is 0.474 bits per heavy atom. The average Bonchev–Trinajstić information content (AvgIpc) is 3.50. The van der Waals surface area contributed by atoms with E-state index in [1.807, 2.05) is 12.3 Å². The van der Waals surface area contributed by atoms with Crippen molar-refractivity contribution in [3.8, 4) is 22.5 Å². The molecule has 0 aliphatic rings. The summed E-state index contributed by atoms with van der Waals surface area (Å²) >= 11 is 0. The summed E-state index contributed by atoms with van der Waals surface area (Å²) < 4.78 is 4.82. The number of benzene rings is 5. The fraction of sp³-hybridized carbons (Fsp3) is 0. The molecule has 0 fully saturated rings. The Balaban J connectivity index is 1.55. The van der Waals surface area contributed by atoms with E-state index in [-0.39, 0.29) is 0 Å². The first-order valence-electron chi connectivity index (χ1n) is 12.9. The summed E-state index contributed by atoms with van der Waals surface area (Å²) in [7, 11) is 0. The van der Waals surface area contributed by atoms with Gasteiger partial charge in [-0.3, -0.25) is 14.1 Å². The summed E-state index contributed by atoms with van der Waals surface area (Å²) in [6.07, 6.45) is 1.91. The van der Waals surface area contributed by atoms with Gasteiger partial charge in [-0.2, -0.15) is 0 Å². The number of aromatic nitrogens is 3. The molecule has 3 heterocycles. The van der Waals surface area contributed by atoms with Gasteiger partial charge in [0.05, 0.1) is 16.6 Å². The summed E-state index contributed by atoms with van der Waals surface area (Å²) in [5, 5.41) is 4.94. The molecule has 5 aromatic carbocycles. The van der Waals surface area contributed by atoms with Gasteiger partial charge in [0.15, 0.2) is 0 Å². The maximum atomic E-state index is 4.59. The van der Waals surface area contributed by atoms with Crippen molar-refractivity contribution < 1.29 is 0 Å². The lowest BCUT2D eigenvalue weighted by Gasteiger charge is -2.13. The zero-order valence-electron chi connectivity index (χ0n) is 20.6. The first-order valence-corrected chi connectivity index (χ1v) is 12.9. The van der Waals surface area contributed by atoms with Crippen LogP contribution in [0.15, 0.2) is 140 Å². The van der Waals surface area contributed by atoms with Crippen molar-refractivity contribution in [2.75, 3.05) is 0 Å². The zero-order valence-corrected chi connectivity index (χ0v) is 20.6. The van der Waals surface area contributed by atoms with Gasteiger partial charge in [-0.05, 0) is 59.7 Å². The van der Waals surface area contributed by atoms with E-state index in [0.29, 0.717) is 0 Å². The molecule has 0 atom stereocenters. The minimum absolute atomic E-state index is 1.01. The minimum atomic E-state index is 1.01. The lowest BCUT2D eigenvalue weighted by atomic mass is 10.00. The second kappa shape index (κ2) is 8.19. The van der Waals surface area contributed by atoms with Crippen molar-refractivity contribution in [2.24, 2.45) is 0 Å². The number of hydrogen-bond donors (Lipinski definition) is 0. The third kappa shape index (κ3) is 2.99. The summed E-state index contributed by atoms with van der Waals surface area (Å²) in [6, 6.07) is 47.5. The molecule has 3 nitrogen and oxygen atoms in total. The molecule has 0 saturated carbocycles. The number of para-hydroxylation sites is 4. The van der Waals surface area contributed by atoms with E-state index in [9.17, 15) is 0 Å². The highest BCUT2D eigenvalue weighted by molar-refractivity contribution is 6.23. The molecule has 0 bridgehead atoms. The smallest absolute Gasteiger partial charge is 0.131 e. The van der Waals surface area contributed by atoms with Crippen LogP contribution < -0.4 is 0 Å². The maximum absolute atomic E-state index is 4.59. The maximum Gasteiger partial charge on any atom is 0.131 e. The Labute approximate surface area is 219 Å². The molecule has 8 aromatic rings. The standard InChI is InChI=1S/C35H23N3/c1-3-11-25(12-4-1)37-32-18-10-8-16-29(32)34-30-20-19-24(27-21-22-36-31-17-9-7-15-28(27)31)23-33(30)38(35(34)37)26-13-5-2-6-14-26/h1-23H. The number of hydrogen-bond acceptors (Lipinski definition) is 1. The van der Waals surface area contributed by atoms with Crippen LogP contribution in [0.3, 0.4) is 0 Å². The van der Waals surface area contributed by atoms with Crippen molar-refractivity contribution in [1.82, 2.24) is 14.1 Å². The Morgan fingerprint density at radius 2 is 1.08 bits per heavy atom. The van der Waals surface area contributed by atoms with E-state index in [1.54, 1.807) is 0 Å². The predicted molar refractivity (Wildman–Crippen MR) is 158 cm³/mol. The molecule has 0 aliphatic carbocycles. The van der Waals surface area contributed by atoms with Gasteiger partial charge in [0.1, 0.15) is 5.65 Å². The van der Waals surface area contributed by atoms with Gasteiger partial charge in [0.25, 0.3) is 0 Å². The van der Waals surface area contributed by atoms with Crippen LogP contribution >= 0.6 is 0 Å². The quantitative estimate of drug-likeness (QED) is 0.245. The molecule has 3 heteroatoms. The van der Waals surface area contributed by atoms with E-state index in [4.69, 9.17) is 0 Å². The Kier molecular flexibility index (Phi) is 4.52. The molecular formula is C35H23N3. The van der Waals surface area contributed by atoms with Gasteiger partial charge in [0, 0.05) is 39.1 Å². The first kappa shape index (κ1) is 21.0. The second-order valence-corrected chi connectivity index (χ2v) is 9.67. The van der Waals surface area contributed by atoms with E-state index in [0.717, 1.165) is 22.3 Å². The molecular weight excluding hydrogens is 462 g/mol. The fourth-order valence-electron chi connectivity index (χ4n) is 5.94. The highest BCUT2D eigenvalue weighted by Gasteiger charge is 2.22. The van der Waals surface area contributed by atoms with Crippen LogP contribution in [-0.4, -0.2) is 14.1 Å². The SMILES string of the molecule is c1ccc(-n2c3ccccc3c3c4ccc(-c5ccnc6ccccc56)cc4n(-c4ccccc4)c32)cc1. The molecule has 0 N–H and O–H groups in total. The van der Waals surface area contributed by atoms with Crippen LogP contribution in [0, 0.1) is 0 Å². The lowest BCUT2D eigenvalue weighted by Crippen LogP contribution is -2.01. The van der Waals surface area contributed by atoms with Crippen molar-refractivity contribution in [1.29, 1.82) is 0 Å². The van der Waals surface area contributed by atoms with Gasteiger partial charge in [-0.25, -0.2) is 0 Å². The van der Waals surface area contributed by atoms with E-state index in [1.165, 1.54) is 44.0 Å². The monoisotopic (exact) mass is 485 g/mol. The third-order valence-electron chi connectivity index (χ3n) is 7.56. The van der Waals surface area contributed by atoms with Crippen molar-refractivity contribution in [2.45, 2.75) is 0 Å². The third-order valence-corrected chi connectivity index (χ3v) is 7.56. The fourth-order valence-corrected chi connectivity index (χ4v) is 5.94. The largest absolute Gasteiger partial charge is 0.295 e. The number of fused-ring (bicyclic) bond motifs is 6. The van der Waals surface area contributed by atoms with Crippen LogP contribution in [0.2, 0.25) is 0 Å². The molecule has 0 amide bonds. The Hall–Kier alpha value is -5.15. The molecule has 8 rings (SSSR count). The first-order chi connectivity index (χ1) is 18.9. The summed E-state index contributed by atoms with van der Waals surface area (Å²) in [4.78, 5) is 4.59. The molecule has 3 aromatic heterocycles. The van der Waals surface area contributed by atoms with Gasteiger partial charge in [-0.1, -0.05) is 84.9 Å². The Morgan fingerprint density at radius 3 is 1.84 bits per heavy atom. The summed E-state index contributed by atoms with van der Waals surface area (Å²) in [5.41, 5.74) is 9.26. The van der Waals surface area contributed by atoms with E-state index < -0.39 is 0 Å². The van der Waals surface area contributed by atoms with Crippen LogP contribution in [0.4, 0.5) is 0 Å². The van der Waals surface area contributed by atoms with E-state index in [2.05, 4.69) is 142 Å². The van der Waals surface area contributed by atoms with Gasteiger partial charge in [0.2, 0.25) is 0 Å². The number of rotatable bonds is 3.